The summed E-state index contributed by atoms with van der Waals surface area (Å²) in [6.45, 7) is 7.04. The number of nitrogens with two attached hydrogens (primary N) is 1. The quantitative estimate of drug-likeness (QED) is 0.853. The van der Waals surface area contributed by atoms with E-state index in [1.807, 2.05) is 7.05 Å². The number of benzene rings is 1. The zero-order valence-electron chi connectivity index (χ0n) is 10.7. The molecule has 94 valence electrons. The standard InChI is InChI=1S/C13H19BrN2O/c1-13(2,3)8-16(4)12(17)9-5-6-11(15)10(14)7-9/h5-7H,8,15H2,1-4H3. The predicted octanol–water partition coefficient (Wildman–Crippen LogP) is 3.15. The topological polar surface area (TPSA) is 46.3 Å². The van der Waals surface area contributed by atoms with Crippen molar-refractivity contribution in [3.05, 3.63) is 28.2 Å². The van der Waals surface area contributed by atoms with E-state index in [4.69, 9.17) is 5.73 Å². The minimum Gasteiger partial charge on any atom is -0.398 e. The van der Waals surface area contributed by atoms with E-state index in [-0.39, 0.29) is 11.3 Å². The lowest BCUT2D eigenvalue weighted by atomic mass is 9.96. The van der Waals surface area contributed by atoms with Crippen molar-refractivity contribution in [3.8, 4) is 0 Å². The molecular formula is C13H19BrN2O. The molecule has 17 heavy (non-hydrogen) atoms. The summed E-state index contributed by atoms with van der Waals surface area (Å²) in [4.78, 5) is 13.9. The van der Waals surface area contributed by atoms with E-state index >= 15 is 0 Å². The molecule has 3 nitrogen and oxygen atoms in total. The van der Waals surface area contributed by atoms with Gasteiger partial charge in [-0.2, -0.15) is 0 Å². The highest BCUT2D eigenvalue weighted by atomic mass is 79.9. The fourth-order valence-corrected chi connectivity index (χ4v) is 2.04. The third-order valence-electron chi connectivity index (χ3n) is 2.31. The third kappa shape index (κ3) is 4.04. The number of hydrogen-bond acceptors (Lipinski definition) is 2. The minimum absolute atomic E-state index is 0.0145. The van der Waals surface area contributed by atoms with Crippen LogP contribution in [0.15, 0.2) is 22.7 Å². The Labute approximate surface area is 111 Å². The second-order valence-electron chi connectivity index (χ2n) is 5.46. The van der Waals surface area contributed by atoms with Gasteiger partial charge in [-0.25, -0.2) is 0 Å². The fourth-order valence-electron chi connectivity index (χ4n) is 1.66. The molecule has 0 atom stereocenters. The molecule has 0 saturated heterocycles. The Balaban J connectivity index is 2.85. The number of amides is 1. The van der Waals surface area contributed by atoms with Crippen LogP contribution < -0.4 is 5.73 Å². The number of carbonyl (C=O) groups is 1. The molecule has 0 heterocycles. The number of halogens is 1. The summed E-state index contributed by atoms with van der Waals surface area (Å²) in [5.74, 6) is 0.0145. The van der Waals surface area contributed by atoms with E-state index in [0.717, 1.165) is 4.47 Å². The number of carbonyl (C=O) groups excluding carboxylic acids is 1. The maximum Gasteiger partial charge on any atom is 0.253 e. The Morgan fingerprint density at radius 1 is 1.41 bits per heavy atom. The van der Waals surface area contributed by atoms with E-state index in [1.54, 1.807) is 23.1 Å². The first-order chi connectivity index (χ1) is 7.70. The number of hydrogen-bond donors (Lipinski definition) is 1. The van der Waals surface area contributed by atoms with Gasteiger partial charge in [0.2, 0.25) is 0 Å². The summed E-state index contributed by atoms with van der Waals surface area (Å²) in [6, 6.07) is 5.25. The molecule has 1 aromatic rings. The molecule has 0 radical (unpaired) electrons. The highest BCUT2D eigenvalue weighted by Crippen LogP contribution is 2.22. The number of anilines is 1. The van der Waals surface area contributed by atoms with Gasteiger partial charge in [0.15, 0.2) is 0 Å². The first-order valence-corrected chi connectivity index (χ1v) is 6.30. The van der Waals surface area contributed by atoms with Crippen LogP contribution in [0, 0.1) is 5.41 Å². The molecule has 0 spiro atoms. The first kappa shape index (κ1) is 14.0. The summed E-state index contributed by atoms with van der Waals surface area (Å²) in [5, 5.41) is 0. The molecule has 0 saturated carbocycles. The Bertz CT molecular complexity index is 424. The van der Waals surface area contributed by atoms with Crippen LogP contribution in [-0.2, 0) is 0 Å². The molecule has 0 fully saturated rings. The van der Waals surface area contributed by atoms with Crippen LogP contribution in [0.2, 0.25) is 0 Å². The van der Waals surface area contributed by atoms with Gasteiger partial charge in [-0.05, 0) is 39.5 Å². The van der Waals surface area contributed by atoms with Crippen molar-refractivity contribution >= 4 is 27.5 Å². The highest BCUT2D eigenvalue weighted by Gasteiger charge is 2.19. The van der Waals surface area contributed by atoms with Gasteiger partial charge in [-0.15, -0.1) is 0 Å². The van der Waals surface area contributed by atoms with Crippen molar-refractivity contribution in [1.82, 2.24) is 4.90 Å². The monoisotopic (exact) mass is 298 g/mol. The van der Waals surface area contributed by atoms with Gasteiger partial charge in [0.1, 0.15) is 0 Å². The van der Waals surface area contributed by atoms with Crippen molar-refractivity contribution in [3.63, 3.8) is 0 Å². The molecule has 1 rings (SSSR count). The maximum atomic E-state index is 12.2. The van der Waals surface area contributed by atoms with Crippen LogP contribution in [-0.4, -0.2) is 24.4 Å². The van der Waals surface area contributed by atoms with Crippen LogP contribution in [0.1, 0.15) is 31.1 Å². The normalized spacial score (nSPS) is 11.4. The Hall–Kier alpha value is -1.03. The van der Waals surface area contributed by atoms with E-state index in [1.165, 1.54) is 0 Å². The second-order valence-corrected chi connectivity index (χ2v) is 6.31. The molecule has 0 bridgehead atoms. The average molecular weight is 299 g/mol. The number of rotatable bonds is 2. The summed E-state index contributed by atoms with van der Waals surface area (Å²) < 4.78 is 0.757. The van der Waals surface area contributed by atoms with Crippen molar-refractivity contribution in [2.45, 2.75) is 20.8 Å². The molecule has 0 unspecified atom stereocenters. The largest absolute Gasteiger partial charge is 0.398 e. The summed E-state index contributed by atoms with van der Waals surface area (Å²) in [7, 11) is 1.82. The molecule has 0 aliphatic rings. The third-order valence-corrected chi connectivity index (χ3v) is 2.99. The van der Waals surface area contributed by atoms with Crippen LogP contribution in [0.4, 0.5) is 5.69 Å². The highest BCUT2D eigenvalue weighted by molar-refractivity contribution is 9.10. The van der Waals surface area contributed by atoms with Gasteiger partial charge in [0.05, 0.1) is 0 Å². The van der Waals surface area contributed by atoms with Gasteiger partial charge in [0.25, 0.3) is 5.91 Å². The van der Waals surface area contributed by atoms with Gasteiger partial charge in [-0.1, -0.05) is 20.8 Å². The van der Waals surface area contributed by atoms with Crippen molar-refractivity contribution in [2.75, 3.05) is 19.3 Å². The SMILES string of the molecule is CN(CC(C)(C)C)C(=O)c1ccc(N)c(Br)c1. The molecular weight excluding hydrogens is 280 g/mol. The smallest absolute Gasteiger partial charge is 0.253 e. The Kier molecular flexibility index (Phi) is 4.20. The Morgan fingerprint density at radius 2 is 2.00 bits per heavy atom. The second kappa shape index (κ2) is 5.08. The van der Waals surface area contributed by atoms with Crippen LogP contribution >= 0.6 is 15.9 Å². The van der Waals surface area contributed by atoms with Gasteiger partial charge in [0, 0.05) is 29.3 Å². The summed E-state index contributed by atoms with van der Waals surface area (Å²) >= 11 is 3.33. The number of nitrogen functional groups attached to an aromatic ring is 1. The van der Waals surface area contributed by atoms with Crippen molar-refractivity contribution in [2.24, 2.45) is 5.41 Å². The van der Waals surface area contributed by atoms with Gasteiger partial charge in [-0.3, -0.25) is 4.79 Å². The van der Waals surface area contributed by atoms with Gasteiger partial charge < -0.3 is 10.6 Å². The lowest BCUT2D eigenvalue weighted by Gasteiger charge is -2.26. The van der Waals surface area contributed by atoms with Crippen LogP contribution in [0.25, 0.3) is 0 Å². The molecule has 0 aliphatic carbocycles. The molecule has 1 aromatic carbocycles. The lowest BCUT2D eigenvalue weighted by Crippen LogP contribution is -2.34. The molecule has 1 amide bonds. The molecule has 0 aromatic heterocycles. The van der Waals surface area contributed by atoms with E-state index < -0.39 is 0 Å². The van der Waals surface area contributed by atoms with E-state index in [0.29, 0.717) is 17.8 Å². The fraction of sp³-hybridized carbons (Fsp3) is 0.462. The molecule has 2 N–H and O–H groups in total. The van der Waals surface area contributed by atoms with E-state index in [2.05, 4.69) is 36.7 Å². The molecule has 0 aliphatic heterocycles. The summed E-state index contributed by atoms with van der Waals surface area (Å²) in [6.07, 6.45) is 0. The maximum absolute atomic E-state index is 12.2. The zero-order valence-corrected chi connectivity index (χ0v) is 12.3. The molecule has 4 heteroatoms. The average Bonchev–Trinajstić information content (AvgIpc) is 2.18. The van der Waals surface area contributed by atoms with Crippen molar-refractivity contribution in [1.29, 1.82) is 0 Å². The first-order valence-electron chi connectivity index (χ1n) is 5.51. The van der Waals surface area contributed by atoms with Crippen LogP contribution in [0.5, 0.6) is 0 Å². The van der Waals surface area contributed by atoms with E-state index in [9.17, 15) is 4.79 Å². The number of nitrogens with zero attached hydrogens (tertiary/aromatic N) is 1. The summed E-state index contributed by atoms with van der Waals surface area (Å²) in [5.41, 5.74) is 7.08. The Morgan fingerprint density at radius 3 is 2.47 bits per heavy atom. The minimum atomic E-state index is 0.0145. The zero-order chi connectivity index (χ0) is 13.2. The lowest BCUT2D eigenvalue weighted by molar-refractivity contribution is 0.0745. The van der Waals surface area contributed by atoms with Gasteiger partial charge >= 0.3 is 0 Å². The van der Waals surface area contributed by atoms with Crippen molar-refractivity contribution < 1.29 is 4.79 Å². The predicted molar refractivity (Wildman–Crippen MR) is 75.0 cm³/mol. The van der Waals surface area contributed by atoms with Crippen LogP contribution in [0.3, 0.4) is 0 Å².